The van der Waals surface area contributed by atoms with E-state index in [-0.39, 0.29) is 30.4 Å². The Balaban J connectivity index is 0.00000151. The fraction of sp³-hybridized carbons (Fsp3) is 0.312. The van der Waals surface area contributed by atoms with Crippen LogP contribution in [0.1, 0.15) is 78.0 Å². The maximum Gasteiger partial charge on any atom is 0.335 e. The van der Waals surface area contributed by atoms with E-state index in [1.54, 1.807) is 40.0 Å². The fourth-order valence-corrected chi connectivity index (χ4v) is 5.71. The van der Waals surface area contributed by atoms with Gasteiger partial charge in [-0.15, -0.1) is 10.2 Å². The molecular weight excluding hydrogens is 771 g/mol. The number of para-hydroxylation sites is 2. The normalized spacial score (nSPS) is 10.6. The van der Waals surface area contributed by atoms with E-state index in [0.717, 1.165) is 22.4 Å². The molecule has 0 saturated heterocycles. The van der Waals surface area contributed by atoms with Crippen LogP contribution in [0.2, 0.25) is 0 Å². The van der Waals surface area contributed by atoms with E-state index in [9.17, 15) is 9.59 Å². The molecule has 0 unspecified atom stereocenters. The number of hydrogen-bond acceptors (Lipinski definition) is 9. The summed E-state index contributed by atoms with van der Waals surface area (Å²) in [4.78, 5) is 30.3. The van der Waals surface area contributed by atoms with Crippen molar-refractivity contribution in [3.63, 3.8) is 0 Å². The second kappa shape index (κ2) is 27.0. The first-order chi connectivity index (χ1) is 29.7. The minimum atomic E-state index is -0.242. The van der Waals surface area contributed by atoms with E-state index in [1.807, 2.05) is 165 Å². The Morgan fingerprint density at radius 3 is 1.51 bits per heavy atom. The summed E-state index contributed by atoms with van der Waals surface area (Å²) in [5.74, 6) is 1.02. The minimum Gasteiger partial charge on any atom is -0.477 e. The zero-order valence-electron chi connectivity index (χ0n) is 38.0. The highest BCUT2D eigenvalue weighted by molar-refractivity contribution is 5.90. The Morgan fingerprint density at radius 1 is 0.623 bits per heavy atom. The van der Waals surface area contributed by atoms with Gasteiger partial charge in [0.05, 0.1) is 22.5 Å². The van der Waals surface area contributed by atoms with Crippen LogP contribution in [0.5, 0.6) is 0 Å². The number of anilines is 2. The van der Waals surface area contributed by atoms with Crippen molar-refractivity contribution in [3.05, 3.63) is 153 Å². The summed E-state index contributed by atoms with van der Waals surface area (Å²) in [5.41, 5.74) is 4.94. The molecule has 326 valence electrons. The molecule has 6 aromatic rings. The molecule has 0 radical (unpaired) electrons. The molecule has 0 atom stereocenters. The van der Waals surface area contributed by atoms with Crippen molar-refractivity contribution < 1.29 is 18.5 Å². The smallest absolute Gasteiger partial charge is 0.335 e. The quantitative estimate of drug-likeness (QED) is 0.0676. The first kappa shape index (κ1) is 50.3. The number of amidine groups is 1. The van der Waals surface area contributed by atoms with Crippen LogP contribution in [0.4, 0.5) is 11.4 Å². The third kappa shape index (κ3) is 13.8. The highest BCUT2D eigenvalue weighted by atomic mass is 16.5. The minimum absolute atomic E-state index is 0.0333. The number of hydrazone groups is 2. The van der Waals surface area contributed by atoms with E-state index in [2.05, 4.69) is 15.2 Å². The molecule has 0 aliphatic carbocycles. The zero-order chi connectivity index (χ0) is 45.3. The molecule has 4 aromatic carbocycles. The van der Waals surface area contributed by atoms with E-state index in [0.29, 0.717) is 33.9 Å². The Hall–Kier alpha value is -6.89. The SMILES string of the molecule is CC.CC.CC.CC.Cc1on(C)c(=O)c1-c1ccccc1CO/C=N\N(C=N/C(=N/N(C)c1ccccc1)OCc1ccccc1-c1c(C)on(C)c1=O)c1ccccc1. The van der Waals surface area contributed by atoms with Crippen molar-refractivity contribution in [1.82, 2.24) is 9.48 Å². The Bertz CT molecular complexity index is 2380. The van der Waals surface area contributed by atoms with Gasteiger partial charge in [-0.25, -0.2) is 5.01 Å². The van der Waals surface area contributed by atoms with Crippen LogP contribution < -0.4 is 21.1 Å². The standard InChI is InChI=1S/C40H39N7O6.4C2H6/c1-28-36(38(48)45(4)52-28)34-22-14-12-16-30(34)24-50-27-42-47(33-20-10-7-11-21-33)26-41-40(43-44(3)32-18-8-6-9-19-32)51-25-31-17-13-15-23-35(31)37-29(2)53-46(5)39(37)49;4*1-2/h6-23,26-27H,24-25H2,1-5H3;4*1-2H3/b41-26?,42-27-,43-40-;;;;. The molecule has 0 spiro atoms. The lowest BCUT2D eigenvalue weighted by Crippen LogP contribution is -2.19. The van der Waals surface area contributed by atoms with Crippen molar-refractivity contribution in [3.8, 4) is 22.3 Å². The maximum absolute atomic E-state index is 12.9. The largest absolute Gasteiger partial charge is 0.477 e. The molecule has 61 heavy (non-hydrogen) atoms. The number of ether oxygens (including phenoxy) is 2. The molecule has 0 fully saturated rings. The van der Waals surface area contributed by atoms with E-state index < -0.39 is 0 Å². The molecule has 0 bridgehead atoms. The number of hydrogen-bond donors (Lipinski definition) is 0. The van der Waals surface area contributed by atoms with Crippen LogP contribution in [0.3, 0.4) is 0 Å². The van der Waals surface area contributed by atoms with E-state index in [1.165, 1.54) is 27.2 Å². The molecule has 2 aromatic heterocycles. The van der Waals surface area contributed by atoms with Crippen LogP contribution in [0, 0.1) is 13.8 Å². The van der Waals surface area contributed by atoms with Crippen LogP contribution in [0.15, 0.2) is 143 Å². The van der Waals surface area contributed by atoms with Crippen LogP contribution in [-0.2, 0) is 36.8 Å². The number of aromatic nitrogens is 2. The molecule has 0 amide bonds. The highest BCUT2D eigenvalue weighted by Crippen LogP contribution is 2.26. The van der Waals surface area contributed by atoms with E-state index in [4.69, 9.17) is 18.5 Å². The van der Waals surface area contributed by atoms with Crippen molar-refractivity contribution in [2.24, 2.45) is 29.3 Å². The van der Waals surface area contributed by atoms with Gasteiger partial charge in [-0.3, -0.25) is 14.6 Å². The van der Waals surface area contributed by atoms with Gasteiger partial charge in [-0.1, -0.05) is 140 Å². The number of aryl methyl sites for hydroxylation is 4. The van der Waals surface area contributed by atoms with Gasteiger partial charge in [-0.2, -0.15) is 14.5 Å². The average Bonchev–Trinajstić information content (AvgIpc) is 3.73. The van der Waals surface area contributed by atoms with Crippen LogP contribution in [-0.4, -0.2) is 35.3 Å². The van der Waals surface area contributed by atoms with Crippen molar-refractivity contribution in [1.29, 1.82) is 0 Å². The lowest BCUT2D eigenvalue weighted by molar-refractivity contribution is 0.283. The lowest BCUT2D eigenvalue weighted by Gasteiger charge is -2.16. The summed E-state index contributed by atoms with van der Waals surface area (Å²) in [5, 5.41) is 12.4. The van der Waals surface area contributed by atoms with Crippen molar-refractivity contribution in [2.45, 2.75) is 82.5 Å². The predicted octanol–water partition coefficient (Wildman–Crippen LogP) is 10.9. The molecule has 0 N–H and O–H groups in total. The monoisotopic (exact) mass is 833 g/mol. The third-order valence-corrected chi connectivity index (χ3v) is 8.33. The summed E-state index contributed by atoms with van der Waals surface area (Å²) in [6.07, 6.45) is 2.79. The summed E-state index contributed by atoms with van der Waals surface area (Å²) < 4.78 is 25.6. The molecule has 0 aliphatic heterocycles. The van der Waals surface area contributed by atoms with Gasteiger partial charge in [0.15, 0.2) is 6.40 Å². The highest BCUT2D eigenvalue weighted by Gasteiger charge is 2.19. The molecule has 13 heteroatoms. The predicted molar refractivity (Wildman–Crippen MR) is 251 cm³/mol. The second-order valence-electron chi connectivity index (χ2n) is 12.0. The summed E-state index contributed by atoms with van der Waals surface area (Å²) in [6.45, 7) is 19.7. The second-order valence-corrected chi connectivity index (χ2v) is 12.0. The molecule has 2 heterocycles. The first-order valence-electron chi connectivity index (χ1n) is 20.7. The topological polar surface area (TPSA) is 132 Å². The van der Waals surface area contributed by atoms with Gasteiger partial charge >= 0.3 is 6.02 Å². The lowest BCUT2D eigenvalue weighted by atomic mass is 10.0. The summed E-state index contributed by atoms with van der Waals surface area (Å²) in [7, 11) is 4.95. The average molecular weight is 834 g/mol. The van der Waals surface area contributed by atoms with Crippen molar-refractivity contribution in [2.75, 3.05) is 17.1 Å². The number of rotatable bonds is 12. The number of aliphatic imine (C=N–C) groups is 1. The van der Waals surface area contributed by atoms with Crippen molar-refractivity contribution >= 4 is 30.1 Å². The van der Waals surface area contributed by atoms with Gasteiger partial charge in [0.2, 0.25) is 0 Å². The van der Waals surface area contributed by atoms with E-state index >= 15 is 0 Å². The zero-order valence-corrected chi connectivity index (χ0v) is 38.0. The molecule has 0 saturated carbocycles. The molecule has 6 rings (SSSR count). The maximum atomic E-state index is 12.9. The Morgan fingerprint density at radius 2 is 1.05 bits per heavy atom. The van der Waals surface area contributed by atoms with Gasteiger partial charge < -0.3 is 18.5 Å². The Kier molecular flexibility index (Phi) is 22.2. The van der Waals surface area contributed by atoms with Gasteiger partial charge in [0, 0.05) is 21.1 Å². The first-order valence-corrected chi connectivity index (χ1v) is 20.7. The van der Waals surface area contributed by atoms with Gasteiger partial charge in [-0.05, 0) is 60.4 Å². The van der Waals surface area contributed by atoms with Gasteiger partial charge in [0.25, 0.3) is 11.1 Å². The fourth-order valence-electron chi connectivity index (χ4n) is 5.71. The molecule has 0 aliphatic rings. The Labute approximate surface area is 360 Å². The number of benzene rings is 4. The summed E-state index contributed by atoms with van der Waals surface area (Å²) in [6, 6.07) is 34.0. The molecular formula is C48H63N7O6. The summed E-state index contributed by atoms with van der Waals surface area (Å²) >= 11 is 0. The third-order valence-electron chi connectivity index (χ3n) is 8.33. The van der Waals surface area contributed by atoms with Gasteiger partial charge in [0.1, 0.15) is 31.1 Å². The molecule has 13 nitrogen and oxygen atoms in total. The van der Waals surface area contributed by atoms with Crippen LogP contribution >= 0.6 is 0 Å². The number of nitrogens with zero attached hydrogens (tertiary/aromatic N) is 7. The van der Waals surface area contributed by atoms with Crippen LogP contribution in [0.25, 0.3) is 22.3 Å².